The number of carboxylic acids is 4. The molecule has 0 aliphatic rings. The van der Waals surface area contributed by atoms with E-state index in [1.165, 1.54) is 0 Å². The molecular formula is C16H30N2O8. The van der Waals surface area contributed by atoms with Gasteiger partial charge in [0.15, 0.2) is 0 Å². The Morgan fingerprint density at radius 3 is 0.846 bits per heavy atom. The Bertz CT molecular complexity index is 366. The topological polar surface area (TPSA) is 156 Å². The van der Waals surface area contributed by atoms with E-state index in [0.29, 0.717) is 13.1 Å². The summed E-state index contributed by atoms with van der Waals surface area (Å²) in [5.74, 6) is -3.99. The second-order valence-corrected chi connectivity index (χ2v) is 5.26. The zero-order valence-corrected chi connectivity index (χ0v) is 15.4. The number of rotatable bonds is 15. The second-order valence-electron chi connectivity index (χ2n) is 5.26. The summed E-state index contributed by atoms with van der Waals surface area (Å²) in [4.78, 5) is 45.9. The summed E-state index contributed by atoms with van der Waals surface area (Å²) >= 11 is 0. The number of hydrogen-bond donors (Lipinski definition) is 4. The van der Waals surface area contributed by atoms with Gasteiger partial charge in [-0.15, -0.1) is 0 Å². The van der Waals surface area contributed by atoms with Crippen LogP contribution < -0.4 is 0 Å². The molecule has 0 heterocycles. The van der Waals surface area contributed by atoms with Crippen molar-refractivity contribution in [2.45, 2.75) is 39.5 Å². The first kappa shape index (κ1) is 26.0. The van der Waals surface area contributed by atoms with Crippen molar-refractivity contribution < 1.29 is 39.6 Å². The van der Waals surface area contributed by atoms with Crippen LogP contribution in [0, 0.1) is 0 Å². The van der Waals surface area contributed by atoms with Gasteiger partial charge in [-0.25, -0.2) is 0 Å². The van der Waals surface area contributed by atoms with E-state index >= 15 is 0 Å². The second kappa shape index (κ2) is 16.3. The Balaban J connectivity index is 0. The number of aliphatic carboxylic acids is 4. The van der Waals surface area contributed by atoms with E-state index in [1.54, 1.807) is 9.80 Å². The lowest BCUT2D eigenvalue weighted by atomic mass is 10.3. The fourth-order valence-corrected chi connectivity index (χ4v) is 1.97. The highest BCUT2D eigenvalue weighted by molar-refractivity contribution is 5.68. The van der Waals surface area contributed by atoms with E-state index in [2.05, 4.69) is 0 Å². The van der Waals surface area contributed by atoms with Crippen LogP contribution in [0.5, 0.6) is 0 Å². The van der Waals surface area contributed by atoms with Crippen molar-refractivity contribution in [3.63, 3.8) is 0 Å². The molecule has 152 valence electrons. The lowest BCUT2D eigenvalue weighted by Crippen LogP contribution is -2.39. The van der Waals surface area contributed by atoms with E-state index in [1.807, 2.05) is 13.8 Å². The molecule has 0 aliphatic carbocycles. The number of carbonyl (C=O) groups is 4. The Labute approximate surface area is 153 Å². The van der Waals surface area contributed by atoms with Crippen molar-refractivity contribution >= 4 is 23.9 Å². The molecule has 0 unspecified atom stereocenters. The summed E-state index contributed by atoms with van der Waals surface area (Å²) in [5, 5.41) is 34.9. The van der Waals surface area contributed by atoms with Gasteiger partial charge < -0.3 is 30.2 Å². The van der Waals surface area contributed by atoms with E-state index in [0.717, 1.165) is 0 Å². The Kier molecular flexibility index (Phi) is 16.3. The molecule has 10 nitrogen and oxygen atoms in total. The van der Waals surface area contributed by atoms with Gasteiger partial charge >= 0.3 is 23.9 Å². The van der Waals surface area contributed by atoms with Gasteiger partial charge in [0.2, 0.25) is 0 Å². The van der Waals surface area contributed by atoms with Crippen LogP contribution in [0.1, 0.15) is 39.5 Å². The fraction of sp³-hybridized carbons (Fsp3) is 0.750. The molecule has 26 heavy (non-hydrogen) atoms. The van der Waals surface area contributed by atoms with Crippen molar-refractivity contribution in [3.8, 4) is 0 Å². The summed E-state index contributed by atoms with van der Waals surface area (Å²) in [6.45, 7) is 5.37. The summed E-state index contributed by atoms with van der Waals surface area (Å²) in [6, 6.07) is 0. The van der Waals surface area contributed by atoms with Gasteiger partial charge in [0.25, 0.3) is 0 Å². The molecule has 0 aromatic rings. The molecule has 0 fully saturated rings. The third-order valence-electron chi connectivity index (χ3n) is 3.30. The maximum atomic E-state index is 10.7. The highest BCUT2D eigenvalue weighted by Crippen LogP contribution is 2.00. The quantitative estimate of drug-likeness (QED) is 0.317. The van der Waals surface area contributed by atoms with Crippen LogP contribution in [-0.4, -0.2) is 93.4 Å². The SMILES string of the molecule is CC.O=C(O)CCN(CCC(=O)O)CCN(CCC(=O)O)CCC(=O)O. The van der Waals surface area contributed by atoms with Gasteiger partial charge in [0.05, 0.1) is 25.7 Å². The van der Waals surface area contributed by atoms with Crippen LogP contribution in [0.15, 0.2) is 0 Å². The molecule has 0 saturated carbocycles. The lowest BCUT2D eigenvalue weighted by Gasteiger charge is -2.26. The smallest absolute Gasteiger partial charge is 0.304 e. The van der Waals surface area contributed by atoms with Crippen molar-refractivity contribution in [2.24, 2.45) is 0 Å². The van der Waals surface area contributed by atoms with Crippen LogP contribution in [-0.2, 0) is 19.2 Å². The molecule has 0 radical (unpaired) electrons. The molecule has 0 bridgehead atoms. The van der Waals surface area contributed by atoms with E-state index < -0.39 is 23.9 Å². The van der Waals surface area contributed by atoms with Gasteiger partial charge in [-0.05, 0) is 0 Å². The highest BCUT2D eigenvalue weighted by Gasteiger charge is 2.14. The highest BCUT2D eigenvalue weighted by atomic mass is 16.4. The minimum atomic E-state index is -0.996. The fourth-order valence-electron chi connectivity index (χ4n) is 1.97. The number of nitrogens with zero attached hydrogens (tertiary/aromatic N) is 2. The van der Waals surface area contributed by atoms with Gasteiger partial charge in [0, 0.05) is 39.3 Å². The summed E-state index contributed by atoms with van der Waals surface area (Å²) in [5.41, 5.74) is 0. The Hall–Kier alpha value is -2.20. The maximum absolute atomic E-state index is 10.7. The Morgan fingerprint density at radius 1 is 0.500 bits per heavy atom. The van der Waals surface area contributed by atoms with Gasteiger partial charge in [0.1, 0.15) is 0 Å². The molecule has 4 N–H and O–H groups in total. The average Bonchev–Trinajstić information content (AvgIpc) is 2.56. The van der Waals surface area contributed by atoms with Gasteiger partial charge in [-0.1, -0.05) is 13.8 Å². The van der Waals surface area contributed by atoms with Crippen molar-refractivity contribution in [1.29, 1.82) is 0 Å². The van der Waals surface area contributed by atoms with Crippen molar-refractivity contribution in [1.82, 2.24) is 9.80 Å². The molecule has 0 spiro atoms. The average molecular weight is 378 g/mol. The van der Waals surface area contributed by atoms with Crippen LogP contribution in [0.3, 0.4) is 0 Å². The normalized spacial score (nSPS) is 10.3. The summed E-state index contributed by atoms with van der Waals surface area (Å²) < 4.78 is 0. The molecule has 0 saturated heterocycles. The predicted octanol–water partition coefficient (Wildman–Crippen LogP) is 0.515. The predicted molar refractivity (Wildman–Crippen MR) is 93.2 cm³/mol. The minimum absolute atomic E-state index is 0.135. The Morgan fingerprint density at radius 2 is 0.692 bits per heavy atom. The van der Waals surface area contributed by atoms with E-state index in [-0.39, 0.29) is 51.9 Å². The number of carboxylic acid groups (broad SMARTS) is 4. The molecule has 0 amide bonds. The molecule has 0 aliphatic heterocycles. The minimum Gasteiger partial charge on any atom is -0.481 e. The van der Waals surface area contributed by atoms with Crippen LogP contribution >= 0.6 is 0 Å². The first-order chi connectivity index (χ1) is 12.2. The van der Waals surface area contributed by atoms with Crippen LogP contribution in [0.2, 0.25) is 0 Å². The van der Waals surface area contributed by atoms with Gasteiger partial charge in [-0.2, -0.15) is 0 Å². The summed E-state index contributed by atoms with van der Waals surface area (Å²) in [6.07, 6.45) is -0.540. The maximum Gasteiger partial charge on any atom is 0.304 e. The van der Waals surface area contributed by atoms with Crippen LogP contribution in [0.4, 0.5) is 0 Å². The number of hydrogen-bond acceptors (Lipinski definition) is 6. The molecular weight excluding hydrogens is 348 g/mol. The molecule has 0 aromatic carbocycles. The van der Waals surface area contributed by atoms with E-state index in [9.17, 15) is 19.2 Å². The van der Waals surface area contributed by atoms with E-state index in [4.69, 9.17) is 20.4 Å². The van der Waals surface area contributed by atoms with Gasteiger partial charge in [-0.3, -0.25) is 19.2 Å². The molecule has 0 rings (SSSR count). The first-order valence-electron chi connectivity index (χ1n) is 8.52. The first-order valence-corrected chi connectivity index (χ1v) is 8.52. The third kappa shape index (κ3) is 18.1. The zero-order valence-electron chi connectivity index (χ0n) is 15.4. The molecule has 0 aromatic heterocycles. The monoisotopic (exact) mass is 378 g/mol. The lowest BCUT2D eigenvalue weighted by molar-refractivity contribution is -0.139. The summed E-state index contributed by atoms with van der Waals surface area (Å²) in [7, 11) is 0. The molecule has 0 atom stereocenters. The largest absolute Gasteiger partial charge is 0.481 e. The van der Waals surface area contributed by atoms with Crippen LogP contribution in [0.25, 0.3) is 0 Å². The van der Waals surface area contributed by atoms with Crippen molar-refractivity contribution in [3.05, 3.63) is 0 Å². The zero-order chi connectivity index (χ0) is 20.5. The third-order valence-corrected chi connectivity index (χ3v) is 3.30. The standard InChI is InChI=1S/C14H24N2O8.C2H6/c17-11(18)1-5-15(6-2-12(19)20)9-10-16(7-3-13(21)22)8-4-14(23)24;1-2/h1-10H2,(H,17,18)(H,19,20)(H,21,22)(H,23,24);1-2H3. The van der Waals surface area contributed by atoms with Crippen molar-refractivity contribution in [2.75, 3.05) is 39.3 Å². The molecule has 10 heteroatoms.